The molecule has 0 bridgehead atoms. The highest BCUT2D eigenvalue weighted by atomic mass is 18.3. The fraction of sp³-hybridized carbons (Fsp3) is 0.500. The molecule has 1 fully saturated rings. The van der Waals surface area contributed by atoms with E-state index in [2.05, 4.69) is 0 Å². The first-order valence-corrected chi connectivity index (χ1v) is 6.01. The minimum atomic E-state index is -0.409. The Hall–Kier alpha value is -1.35. The summed E-state index contributed by atoms with van der Waals surface area (Å²) in [4.78, 5) is 11.7. The fourth-order valence-corrected chi connectivity index (χ4v) is 1.95. The first-order chi connectivity index (χ1) is 8.18. The van der Waals surface area contributed by atoms with Crippen molar-refractivity contribution in [2.75, 3.05) is 13.2 Å². The highest BCUT2D eigenvalue weighted by Gasteiger charge is 2.33. The van der Waals surface area contributed by atoms with Gasteiger partial charge in [-0.2, -0.15) is 0 Å². The summed E-state index contributed by atoms with van der Waals surface area (Å²) < 4.78 is 10.7. The Balaban J connectivity index is 1.78. The van der Waals surface area contributed by atoms with Gasteiger partial charge in [-0.3, -0.25) is 4.79 Å². The molecule has 0 spiro atoms. The maximum absolute atomic E-state index is 11.7. The average molecular weight is 236 g/mol. The third kappa shape index (κ3) is 3.56. The number of carbonyl (C=O) groups is 1. The lowest BCUT2D eigenvalue weighted by Gasteiger charge is -2.22. The Kier molecular flexibility index (Phi) is 3.79. The Morgan fingerprint density at radius 3 is 2.82 bits per heavy atom. The van der Waals surface area contributed by atoms with Crippen molar-refractivity contribution in [1.82, 2.24) is 0 Å². The molecule has 2 rings (SSSR count). The van der Waals surface area contributed by atoms with Crippen molar-refractivity contribution < 1.29 is 14.3 Å². The van der Waals surface area contributed by atoms with Crippen molar-refractivity contribution in [2.45, 2.75) is 31.8 Å². The zero-order chi connectivity index (χ0) is 12.1. The molecule has 3 nitrogen and oxygen atoms in total. The zero-order valence-electron chi connectivity index (χ0n) is 10.1. The van der Waals surface area contributed by atoms with Gasteiger partial charge in [0.25, 0.3) is 0 Å². The van der Waals surface area contributed by atoms with E-state index >= 15 is 0 Å². The largest absolute Gasteiger partial charge is 0.457 e. The van der Waals surface area contributed by atoms with E-state index in [-0.39, 0.29) is 5.97 Å². The summed E-state index contributed by atoms with van der Waals surface area (Å²) in [6.07, 6.45) is 1.96. The van der Waals surface area contributed by atoms with Crippen LogP contribution in [0.5, 0.6) is 0 Å². The second kappa shape index (κ2) is 5.32. The molecule has 0 amide bonds. The second-order valence-electron chi connectivity index (χ2n) is 4.71. The molecule has 1 aliphatic rings. The molecule has 17 heavy (non-hydrogen) atoms. The molecule has 0 radical (unpaired) electrons. The third-order valence-electron chi connectivity index (χ3n) is 3.00. The van der Waals surface area contributed by atoms with Crippen molar-refractivity contribution in [1.29, 1.82) is 0 Å². The van der Waals surface area contributed by atoms with Crippen molar-refractivity contribution in [2.24, 2.45) is 0 Å². The van der Waals surface area contributed by atoms with Crippen LogP contribution in [0.1, 0.15) is 25.3 Å². The molecule has 1 aromatic carbocycles. The molecule has 3 heteroatoms. The predicted octanol–water partition coefficient (Wildman–Crippen LogP) is 2.34. The first kappa shape index (κ1) is 12.1. The first-order valence-electron chi connectivity index (χ1n) is 6.01. The molecule has 1 heterocycles. The van der Waals surface area contributed by atoms with Gasteiger partial charge in [-0.1, -0.05) is 30.3 Å². The average Bonchev–Trinajstić information content (AvgIpc) is 2.74. The Labute approximate surface area is 102 Å². The topological polar surface area (TPSA) is 35.5 Å². The number of rotatable bonds is 4. The second-order valence-corrected chi connectivity index (χ2v) is 4.71. The molecule has 1 aliphatic heterocycles. The fourth-order valence-electron chi connectivity index (χ4n) is 1.95. The SMILES string of the molecule is CC1([18O]C(=O)CCc2ccccc2)CCOC1. The van der Waals surface area contributed by atoms with E-state index in [9.17, 15) is 4.79 Å². The van der Waals surface area contributed by atoms with E-state index in [1.807, 2.05) is 37.3 Å². The van der Waals surface area contributed by atoms with Crippen LogP contribution in [0.25, 0.3) is 0 Å². The minimum Gasteiger partial charge on any atom is -0.457 e. The summed E-state index contributed by atoms with van der Waals surface area (Å²) in [5.41, 5.74) is 0.755. The van der Waals surface area contributed by atoms with Gasteiger partial charge in [-0.05, 0) is 18.9 Å². The van der Waals surface area contributed by atoms with Gasteiger partial charge in [0.1, 0.15) is 5.60 Å². The van der Waals surface area contributed by atoms with Gasteiger partial charge in [0, 0.05) is 12.8 Å². The Morgan fingerprint density at radius 2 is 2.18 bits per heavy atom. The van der Waals surface area contributed by atoms with Crippen LogP contribution in [0.3, 0.4) is 0 Å². The summed E-state index contributed by atoms with van der Waals surface area (Å²) in [6, 6.07) is 9.97. The zero-order valence-corrected chi connectivity index (χ0v) is 10.1. The lowest BCUT2D eigenvalue weighted by Crippen LogP contribution is -2.32. The molecule has 0 N–H and O–H groups in total. The third-order valence-corrected chi connectivity index (χ3v) is 3.00. The lowest BCUT2D eigenvalue weighted by atomic mass is 10.1. The number of hydrogen-bond acceptors (Lipinski definition) is 3. The van der Waals surface area contributed by atoms with E-state index < -0.39 is 5.60 Å². The summed E-state index contributed by atoms with van der Waals surface area (Å²) >= 11 is 0. The van der Waals surface area contributed by atoms with Crippen LogP contribution in [-0.4, -0.2) is 24.8 Å². The van der Waals surface area contributed by atoms with E-state index in [4.69, 9.17) is 9.47 Å². The van der Waals surface area contributed by atoms with Crippen LogP contribution in [0, 0.1) is 0 Å². The van der Waals surface area contributed by atoms with Crippen LogP contribution in [0.4, 0.5) is 0 Å². The van der Waals surface area contributed by atoms with E-state index in [1.54, 1.807) is 0 Å². The van der Waals surface area contributed by atoms with Gasteiger partial charge in [0.15, 0.2) is 0 Å². The summed E-state index contributed by atoms with van der Waals surface area (Å²) in [6.45, 7) is 3.13. The van der Waals surface area contributed by atoms with Crippen molar-refractivity contribution >= 4 is 5.97 Å². The molecule has 1 saturated heterocycles. The van der Waals surface area contributed by atoms with Crippen LogP contribution in [-0.2, 0) is 20.7 Å². The van der Waals surface area contributed by atoms with E-state index in [1.165, 1.54) is 0 Å². The van der Waals surface area contributed by atoms with Gasteiger partial charge in [-0.15, -0.1) is 0 Å². The van der Waals surface area contributed by atoms with Crippen molar-refractivity contribution in [3.05, 3.63) is 35.9 Å². The van der Waals surface area contributed by atoms with Gasteiger partial charge in [0.2, 0.25) is 0 Å². The molecular weight excluding hydrogens is 218 g/mol. The number of benzene rings is 1. The standard InChI is InChI=1S/C14H18O3/c1-14(9-10-16-11-14)17-13(15)8-7-12-5-3-2-4-6-12/h2-6H,7-11H2,1H3/i17+2. The normalized spacial score (nSPS) is 23.6. The van der Waals surface area contributed by atoms with E-state index in [0.717, 1.165) is 18.4 Å². The van der Waals surface area contributed by atoms with Crippen LogP contribution < -0.4 is 0 Å². The van der Waals surface area contributed by atoms with Crippen molar-refractivity contribution in [3.8, 4) is 0 Å². The highest BCUT2D eigenvalue weighted by molar-refractivity contribution is 5.70. The Morgan fingerprint density at radius 1 is 1.41 bits per heavy atom. The predicted molar refractivity (Wildman–Crippen MR) is 64.7 cm³/mol. The molecule has 1 aromatic rings. The maximum Gasteiger partial charge on any atom is 0.306 e. The van der Waals surface area contributed by atoms with Gasteiger partial charge < -0.3 is 9.47 Å². The monoisotopic (exact) mass is 236 g/mol. The molecular formula is C14H18O3. The molecule has 1 atom stereocenters. The maximum atomic E-state index is 11.7. The van der Waals surface area contributed by atoms with Gasteiger partial charge >= 0.3 is 5.97 Å². The summed E-state index contributed by atoms with van der Waals surface area (Å²) in [5, 5.41) is 0. The summed E-state index contributed by atoms with van der Waals surface area (Å²) in [7, 11) is 0. The number of carbonyl (C=O) groups excluding carboxylic acids is 1. The molecule has 0 saturated carbocycles. The van der Waals surface area contributed by atoms with Gasteiger partial charge in [0.05, 0.1) is 13.2 Å². The molecule has 0 aliphatic carbocycles. The minimum absolute atomic E-state index is 0.137. The molecule has 0 aromatic heterocycles. The quantitative estimate of drug-likeness (QED) is 0.594. The van der Waals surface area contributed by atoms with Crippen LogP contribution in [0.2, 0.25) is 0 Å². The Bertz CT molecular complexity index is 366. The van der Waals surface area contributed by atoms with Crippen LogP contribution >= 0.6 is 0 Å². The van der Waals surface area contributed by atoms with E-state index in [0.29, 0.717) is 19.6 Å². The summed E-state index contributed by atoms with van der Waals surface area (Å²) in [5.74, 6) is -0.137. The molecule has 1 unspecified atom stereocenters. The lowest BCUT2D eigenvalue weighted by molar-refractivity contribution is -0.157. The number of ether oxygens (including phenoxy) is 2. The smallest absolute Gasteiger partial charge is 0.306 e. The number of aryl methyl sites for hydroxylation is 1. The van der Waals surface area contributed by atoms with Crippen molar-refractivity contribution in [3.63, 3.8) is 0 Å². The van der Waals surface area contributed by atoms with Crippen LogP contribution in [0.15, 0.2) is 30.3 Å². The highest BCUT2D eigenvalue weighted by Crippen LogP contribution is 2.23. The molecule has 92 valence electrons. The number of esters is 1. The van der Waals surface area contributed by atoms with Gasteiger partial charge in [-0.25, -0.2) is 0 Å². The number of hydrogen-bond donors (Lipinski definition) is 0.